The molecule has 0 radical (unpaired) electrons. The van der Waals surface area contributed by atoms with Gasteiger partial charge in [-0.2, -0.15) is 0 Å². The summed E-state index contributed by atoms with van der Waals surface area (Å²) in [5.41, 5.74) is 1.20. The highest BCUT2D eigenvalue weighted by molar-refractivity contribution is 5.46. The number of aromatic nitrogens is 2. The molecule has 0 aliphatic rings. The lowest BCUT2D eigenvalue weighted by Crippen LogP contribution is -1.98. The van der Waals surface area contributed by atoms with Crippen LogP contribution in [-0.4, -0.2) is 9.55 Å². The smallest absolute Gasteiger partial charge is 0.136 e. The molecule has 2 nitrogen and oxygen atoms in total. The van der Waals surface area contributed by atoms with E-state index >= 15 is 0 Å². The summed E-state index contributed by atoms with van der Waals surface area (Å²) in [4.78, 5) is 4.30. The molecule has 0 N–H and O–H groups in total. The van der Waals surface area contributed by atoms with Crippen LogP contribution in [-0.2, 0) is 0 Å². The van der Waals surface area contributed by atoms with Gasteiger partial charge in [-0.25, -0.2) is 4.98 Å². The molecule has 0 aliphatic carbocycles. The van der Waals surface area contributed by atoms with Crippen LogP contribution in [0.25, 0.3) is 12.3 Å². The first kappa shape index (κ1) is 9.78. The molecular formula is C11H16N2. The monoisotopic (exact) mass is 176 g/mol. The Bertz CT molecular complexity index is 319. The lowest BCUT2D eigenvalue weighted by Gasteiger charge is -2.06. The molecule has 0 aromatic carbocycles. The van der Waals surface area contributed by atoms with Crippen molar-refractivity contribution in [1.29, 1.82) is 0 Å². The molecule has 0 saturated carbocycles. The van der Waals surface area contributed by atoms with Crippen molar-refractivity contribution in [2.45, 2.75) is 26.7 Å². The first-order valence-corrected chi connectivity index (χ1v) is 4.53. The number of allylic oxidation sites excluding steroid dienone is 1. The van der Waals surface area contributed by atoms with Crippen LogP contribution in [0.15, 0.2) is 18.9 Å². The summed E-state index contributed by atoms with van der Waals surface area (Å²) in [5.74, 6) is 1.42. The first-order chi connectivity index (χ1) is 6.20. The number of nitrogens with zero attached hydrogens (tertiary/aromatic N) is 2. The van der Waals surface area contributed by atoms with Crippen LogP contribution in [0.2, 0.25) is 0 Å². The topological polar surface area (TPSA) is 17.8 Å². The zero-order valence-electron chi connectivity index (χ0n) is 8.49. The van der Waals surface area contributed by atoms with Crippen molar-refractivity contribution < 1.29 is 0 Å². The van der Waals surface area contributed by atoms with Gasteiger partial charge in [0.2, 0.25) is 0 Å². The number of imidazole rings is 1. The van der Waals surface area contributed by atoms with Crippen LogP contribution in [0, 0.1) is 0 Å². The molecule has 70 valence electrons. The van der Waals surface area contributed by atoms with Crippen LogP contribution >= 0.6 is 0 Å². The quantitative estimate of drug-likeness (QED) is 0.691. The summed E-state index contributed by atoms with van der Waals surface area (Å²) in [6, 6.07) is 0. The maximum atomic E-state index is 4.30. The van der Waals surface area contributed by atoms with Gasteiger partial charge in [-0.15, -0.1) is 0 Å². The van der Waals surface area contributed by atoms with Gasteiger partial charge in [0.05, 0.1) is 0 Å². The minimum atomic E-state index is 0.476. The van der Waals surface area contributed by atoms with Crippen molar-refractivity contribution in [1.82, 2.24) is 9.55 Å². The van der Waals surface area contributed by atoms with Crippen molar-refractivity contribution in [3.8, 4) is 0 Å². The second-order valence-electron chi connectivity index (χ2n) is 3.25. The van der Waals surface area contributed by atoms with Crippen LogP contribution in [0.1, 0.15) is 38.2 Å². The van der Waals surface area contributed by atoms with Gasteiger partial charge in [-0.1, -0.05) is 26.5 Å². The van der Waals surface area contributed by atoms with E-state index in [4.69, 9.17) is 0 Å². The molecule has 0 fully saturated rings. The Labute approximate surface area is 79.6 Å². The maximum Gasteiger partial charge on any atom is 0.136 e. The van der Waals surface area contributed by atoms with E-state index in [0.717, 1.165) is 5.82 Å². The lowest BCUT2D eigenvalue weighted by atomic mass is 10.1. The van der Waals surface area contributed by atoms with E-state index in [-0.39, 0.29) is 0 Å². The minimum Gasteiger partial charge on any atom is -0.304 e. The van der Waals surface area contributed by atoms with Crippen molar-refractivity contribution in [3.05, 3.63) is 30.4 Å². The van der Waals surface area contributed by atoms with E-state index in [1.54, 1.807) is 6.20 Å². The summed E-state index contributed by atoms with van der Waals surface area (Å²) in [5, 5.41) is 0. The third kappa shape index (κ3) is 1.89. The molecule has 0 bridgehead atoms. The van der Waals surface area contributed by atoms with Gasteiger partial charge < -0.3 is 4.57 Å². The predicted octanol–water partition coefficient (Wildman–Crippen LogP) is 3.14. The number of hydrogen-bond acceptors (Lipinski definition) is 1. The normalized spacial score (nSPS) is 11.4. The van der Waals surface area contributed by atoms with E-state index in [2.05, 4.69) is 25.4 Å². The molecular weight excluding hydrogens is 160 g/mol. The van der Waals surface area contributed by atoms with E-state index in [9.17, 15) is 0 Å². The van der Waals surface area contributed by atoms with Crippen molar-refractivity contribution >= 4 is 12.3 Å². The van der Waals surface area contributed by atoms with Gasteiger partial charge in [-0.3, -0.25) is 0 Å². The fraction of sp³-hybridized carbons (Fsp3) is 0.364. The molecule has 0 atom stereocenters. The average Bonchev–Trinajstić information content (AvgIpc) is 2.48. The summed E-state index contributed by atoms with van der Waals surface area (Å²) in [7, 11) is 0. The molecule has 2 heteroatoms. The zero-order chi connectivity index (χ0) is 9.84. The first-order valence-electron chi connectivity index (χ1n) is 4.53. The highest BCUT2D eigenvalue weighted by Gasteiger charge is 2.07. The zero-order valence-corrected chi connectivity index (χ0v) is 8.49. The summed E-state index contributed by atoms with van der Waals surface area (Å²) in [6.45, 7) is 10.1. The van der Waals surface area contributed by atoms with Gasteiger partial charge >= 0.3 is 0 Å². The second kappa shape index (κ2) is 4.08. The van der Waals surface area contributed by atoms with E-state index in [1.165, 1.54) is 5.69 Å². The molecule has 1 heterocycles. The van der Waals surface area contributed by atoms with Gasteiger partial charge in [0, 0.05) is 18.1 Å². The summed E-state index contributed by atoms with van der Waals surface area (Å²) < 4.78 is 2.02. The van der Waals surface area contributed by atoms with Crippen LogP contribution in [0.5, 0.6) is 0 Å². The Kier molecular flexibility index (Phi) is 3.07. The fourth-order valence-electron chi connectivity index (χ4n) is 1.29. The molecule has 1 aromatic heterocycles. The van der Waals surface area contributed by atoms with Crippen molar-refractivity contribution in [3.63, 3.8) is 0 Å². The molecule has 0 spiro atoms. The third-order valence-corrected chi connectivity index (χ3v) is 1.94. The third-order valence-electron chi connectivity index (χ3n) is 1.94. The van der Waals surface area contributed by atoms with E-state index in [0.29, 0.717) is 5.92 Å². The summed E-state index contributed by atoms with van der Waals surface area (Å²) >= 11 is 0. The molecule has 0 unspecified atom stereocenters. The van der Waals surface area contributed by atoms with Gasteiger partial charge in [0.1, 0.15) is 5.82 Å². The van der Waals surface area contributed by atoms with Gasteiger partial charge in [0.25, 0.3) is 0 Å². The fourth-order valence-corrected chi connectivity index (χ4v) is 1.29. The van der Waals surface area contributed by atoms with Gasteiger partial charge in [-0.05, 0) is 18.9 Å². The van der Waals surface area contributed by atoms with Crippen molar-refractivity contribution in [2.24, 2.45) is 0 Å². The number of hydrogen-bond donors (Lipinski definition) is 0. The Hall–Kier alpha value is -1.31. The number of rotatable bonds is 3. The van der Waals surface area contributed by atoms with Gasteiger partial charge in [0.15, 0.2) is 0 Å². The Morgan fingerprint density at radius 3 is 2.69 bits per heavy atom. The Morgan fingerprint density at radius 2 is 2.23 bits per heavy atom. The Morgan fingerprint density at radius 1 is 1.54 bits per heavy atom. The largest absolute Gasteiger partial charge is 0.304 e. The highest BCUT2D eigenvalue weighted by Crippen LogP contribution is 2.17. The highest BCUT2D eigenvalue weighted by atomic mass is 15.1. The predicted molar refractivity (Wildman–Crippen MR) is 57.4 cm³/mol. The molecule has 1 aromatic rings. The van der Waals surface area contributed by atoms with Crippen molar-refractivity contribution in [2.75, 3.05) is 0 Å². The van der Waals surface area contributed by atoms with Crippen LogP contribution in [0.4, 0.5) is 0 Å². The van der Waals surface area contributed by atoms with Crippen LogP contribution < -0.4 is 0 Å². The minimum absolute atomic E-state index is 0.476. The molecule has 0 amide bonds. The van der Waals surface area contributed by atoms with Crippen LogP contribution in [0.3, 0.4) is 0 Å². The second-order valence-corrected chi connectivity index (χ2v) is 3.25. The lowest BCUT2D eigenvalue weighted by molar-refractivity contribution is 0.800. The Balaban J connectivity index is 3.17. The van der Waals surface area contributed by atoms with E-state index in [1.807, 2.05) is 29.8 Å². The summed E-state index contributed by atoms with van der Waals surface area (Å²) in [6.07, 6.45) is 7.67. The molecule has 13 heavy (non-hydrogen) atoms. The standard InChI is InChI=1S/C11H16N2/c1-5-7-11-12-8-10(9(3)4)13(11)6-2/h5-9H,2H2,1,3-4H3/b7-5-. The molecule has 1 rings (SSSR count). The maximum absolute atomic E-state index is 4.30. The SMILES string of the molecule is C=Cn1c(C(C)C)cnc1/C=C\C. The average molecular weight is 176 g/mol. The molecule has 0 saturated heterocycles. The van der Waals surface area contributed by atoms with E-state index < -0.39 is 0 Å². The molecule has 0 aliphatic heterocycles.